The molecule has 0 bridgehead atoms. The molecule has 0 aliphatic heterocycles. The third kappa shape index (κ3) is 3.62. The maximum atomic E-state index is 12.9. The summed E-state index contributed by atoms with van der Waals surface area (Å²) in [5, 5.41) is 4.43. The van der Waals surface area contributed by atoms with Crippen LogP contribution in [0.15, 0.2) is 48.5 Å². The van der Waals surface area contributed by atoms with Gasteiger partial charge in [-0.2, -0.15) is 0 Å². The van der Waals surface area contributed by atoms with E-state index in [1.54, 1.807) is 0 Å². The molecule has 0 fully saturated rings. The number of anilines is 1. The van der Waals surface area contributed by atoms with Gasteiger partial charge in [0.05, 0.1) is 29.2 Å². The van der Waals surface area contributed by atoms with Crippen LogP contribution in [0.25, 0.3) is 33.1 Å². The summed E-state index contributed by atoms with van der Waals surface area (Å²) in [6.07, 6.45) is 0.221. The van der Waals surface area contributed by atoms with Crippen LogP contribution in [0.5, 0.6) is 0 Å². The number of amides is 1. The van der Waals surface area contributed by atoms with Crippen molar-refractivity contribution < 1.29 is 14.3 Å². The zero-order valence-corrected chi connectivity index (χ0v) is 19.3. The van der Waals surface area contributed by atoms with E-state index in [-0.39, 0.29) is 12.3 Å². The lowest BCUT2D eigenvalue weighted by Crippen LogP contribution is -2.16. The van der Waals surface area contributed by atoms with Crippen molar-refractivity contribution in [1.29, 1.82) is 0 Å². The van der Waals surface area contributed by atoms with E-state index >= 15 is 0 Å². The lowest BCUT2D eigenvalue weighted by Gasteiger charge is -2.09. The second kappa shape index (κ2) is 8.29. The second-order valence-electron chi connectivity index (χ2n) is 7.83. The summed E-state index contributed by atoms with van der Waals surface area (Å²) in [5.74, 6) is -0.627. The van der Waals surface area contributed by atoms with E-state index in [1.807, 2.05) is 66.9 Å². The molecule has 1 N–H and O–H groups in total. The van der Waals surface area contributed by atoms with Crippen molar-refractivity contribution >= 4 is 61.3 Å². The maximum absolute atomic E-state index is 12.9. The Morgan fingerprint density at radius 1 is 1.03 bits per heavy atom. The van der Waals surface area contributed by atoms with Crippen LogP contribution in [0.3, 0.4) is 0 Å². The van der Waals surface area contributed by atoms with Gasteiger partial charge in [-0.1, -0.05) is 30.3 Å². The first-order chi connectivity index (χ1) is 16.0. The number of nitrogens with zero attached hydrogens (tertiary/aromatic N) is 3. The molecular weight excluding hydrogens is 436 g/mol. The van der Waals surface area contributed by atoms with Gasteiger partial charge in [-0.25, -0.2) is 14.8 Å². The van der Waals surface area contributed by atoms with Crippen LogP contribution in [-0.2, 0) is 16.1 Å². The molecule has 5 aromatic rings. The van der Waals surface area contributed by atoms with E-state index in [0.29, 0.717) is 17.1 Å². The molecule has 0 saturated carbocycles. The number of aromatic nitrogens is 3. The van der Waals surface area contributed by atoms with Crippen molar-refractivity contribution in [3.05, 3.63) is 64.5 Å². The number of nitrogens with one attached hydrogen (secondary N) is 1. The fourth-order valence-corrected chi connectivity index (χ4v) is 5.14. The van der Waals surface area contributed by atoms with Crippen LogP contribution in [0.4, 0.5) is 5.00 Å². The molecule has 0 aliphatic rings. The standard InChI is InChI=1S/C25H22N4O3S/c1-14-15(2)33-24(21(14)25(31)32-3)28-20(30)12-13-29-19-11-7-4-8-16(19)22-23(29)27-18-10-6-5-9-17(18)26-22/h4-11H,12-13H2,1-3H3,(H,28,30). The van der Waals surface area contributed by atoms with E-state index in [9.17, 15) is 9.59 Å². The summed E-state index contributed by atoms with van der Waals surface area (Å²) in [6.45, 7) is 4.21. The van der Waals surface area contributed by atoms with Crippen molar-refractivity contribution in [2.24, 2.45) is 0 Å². The molecule has 1 amide bonds. The molecule has 0 unspecified atom stereocenters. The Morgan fingerprint density at radius 2 is 1.73 bits per heavy atom. The van der Waals surface area contributed by atoms with Gasteiger partial charge in [0.15, 0.2) is 5.65 Å². The van der Waals surface area contributed by atoms with Crippen LogP contribution in [0.2, 0.25) is 0 Å². The van der Waals surface area contributed by atoms with E-state index in [0.717, 1.165) is 43.5 Å². The first kappa shape index (κ1) is 21.1. The number of fused-ring (bicyclic) bond motifs is 4. The second-order valence-corrected chi connectivity index (χ2v) is 9.06. The SMILES string of the molecule is COC(=O)c1c(NC(=O)CCn2c3ccccc3c3nc4ccccc4nc32)sc(C)c1C. The number of rotatable bonds is 5. The molecule has 0 saturated heterocycles. The number of para-hydroxylation sites is 3. The van der Waals surface area contributed by atoms with Crippen LogP contribution in [-0.4, -0.2) is 33.5 Å². The first-order valence-electron chi connectivity index (χ1n) is 10.6. The van der Waals surface area contributed by atoms with E-state index in [2.05, 4.69) is 5.32 Å². The molecule has 166 valence electrons. The highest BCUT2D eigenvalue weighted by molar-refractivity contribution is 7.16. The highest BCUT2D eigenvalue weighted by Crippen LogP contribution is 2.33. The Morgan fingerprint density at radius 3 is 2.48 bits per heavy atom. The summed E-state index contributed by atoms with van der Waals surface area (Å²) >= 11 is 1.38. The fourth-order valence-electron chi connectivity index (χ4n) is 4.07. The third-order valence-electron chi connectivity index (χ3n) is 5.85. The Hall–Kier alpha value is -3.78. The maximum Gasteiger partial charge on any atom is 0.341 e. The summed E-state index contributed by atoms with van der Waals surface area (Å²) in [5.41, 5.74) is 5.45. The van der Waals surface area contributed by atoms with Crippen molar-refractivity contribution in [3.8, 4) is 0 Å². The van der Waals surface area contributed by atoms with Gasteiger partial charge in [-0.15, -0.1) is 11.3 Å². The van der Waals surface area contributed by atoms with E-state index in [1.165, 1.54) is 18.4 Å². The minimum Gasteiger partial charge on any atom is -0.465 e. The number of methoxy groups -OCH3 is 1. The molecule has 0 aliphatic carbocycles. The van der Waals surface area contributed by atoms with Crippen molar-refractivity contribution in [2.75, 3.05) is 12.4 Å². The normalized spacial score (nSPS) is 11.4. The summed E-state index contributed by atoms with van der Waals surface area (Å²) in [6, 6.07) is 15.8. The van der Waals surface area contributed by atoms with Crippen LogP contribution >= 0.6 is 11.3 Å². The van der Waals surface area contributed by atoms with Gasteiger partial charge in [0, 0.05) is 23.2 Å². The van der Waals surface area contributed by atoms with Crippen LogP contribution < -0.4 is 5.32 Å². The molecule has 0 atom stereocenters. The predicted molar refractivity (Wildman–Crippen MR) is 131 cm³/mol. The molecule has 2 aromatic carbocycles. The minimum absolute atomic E-state index is 0.180. The van der Waals surface area contributed by atoms with Crippen LogP contribution in [0, 0.1) is 13.8 Å². The molecule has 3 heterocycles. The topological polar surface area (TPSA) is 86.1 Å². The van der Waals surface area contributed by atoms with Crippen molar-refractivity contribution in [1.82, 2.24) is 14.5 Å². The number of hydrogen-bond donors (Lipinski definition) is 1. The van der Waals surface area contributed by atoms with Gasteiger partial charge in [-0.05, 0) is 37.6 Å². The van der Waals surface area contributed by atoms with Gasteiger partial charge in [0.2, 0.25) is 5.91 Å². The number of ether oxygens (including phenoxy) is 1. The predicted octanol–water partition coefficient (Wildman–Crippen LogP) is 5.23. The number of esters is 1. The average molecular weight is 459 g/mol. The number of hydrogen-bond acceptors (Lipinski definition) is 6. The highest BCUT2D eigenvalue weighted by Gasteiger charge is 2.22. The number of thiophene rings is 1. The zero-order valence-electron chi connectivity index (χ0n) is 18.5. The van der Waals surface area contributed by atoms with E-state index < -0.39 is 5.97 Å². The molecular formula is C25H22N4O3S. The number of benzene rings is 2. The Kier molecular flexibility index (Phi) is 5.30. The molecule has 0 radical (unpaired) electrons. The summed E-state index contributed by atoms with van der Waals surface area (Å²) < 4.78 is 6.94. The highest BCUT2D eigenvalue weighted by atomic mass is 32.1. The van der Waals surface area contributed by atoms with Crippen molar-refractivity contribution in [2.45, 2.75) is 26.8 Å². The summed E-state index contributed by atoms with van der Waals surface area (Å²) in [4.78, 5) is 35.7. The van der Waals surface area contributed by atoms with Gasteiger partial charge in [0.25, 0.3) is 0 Å². The van der Waals surface area contributed by atoms with E-state index in [4.69, 9.17) is 14.7 Å². The summed E-state index contributed by atoms with van der Waals surface area (Å²) in [7, 11) is 1.34. The van der Waals surface area contributed by atoms with Gasteiger partial charge in [0.1, 0.15) is 10.5 Å². The number of aryl methyl sites for hydroxylation is 2. The third-order valence-corrected chi connectivity index (χ3v) is 6.97. The largest absolute Gasteiger partial charge is 0.465 e. The van der Waals surface area contributed by atoms with Gasteiger partial charge < -0.3 is 14.6 Å². The molecule has 7 nitrogen and oxygen atoms in total. The Bertz CT molecular complexity index is 1550. The molecule has 3 aromatic heterocycles. The average Bonchev–Trinajstić information content (AvgIpc) is 3.28. The van der Waals surface area contributed by atoms with Crippen LogP contribution in [0.1, 0.15) is 27.2 Å². The quantitative estimate of drug-likeness (QED) is 0.365. The lowest BCUT2D eigenvalue weighted by molar-refractivity contribution is -0.116. The van der Waals surface area contributed by atoms with Gasteiger partial charge in [-0.3, -0.25) is 4.79 Å². The fraction of sp³-hybridized carbons (Fsp3) is 0.200. The lowest BCUT2D eigenvalue weighted by atomic mass is 10.1. The first-order valence-corrected chi connectivity index (χ1v) is 11.4. The molecule has 0 spiro atoms. The molecule has 5 rings (SSSR count). The van der Waals surface area contributed by atoms with Gasteiger partial charge >= 0.3 is 5.97 Å². The minimum atomic E-state index is -0.447. The Balaban J connectivity index is 1.48. The smallest absolute Gasteiger partial charge is 0.341 e. The zero-order chi connectivity index (χ0) is 23.1. The molecule has 8 heteroatoms. The number of carbonyl (C=O) groups is 2. The number of carbonyl (C=O) groups excluding carboxylic acids is 2. The monoisotopic (exact) mass is 458 g/mol. The Labute approximate surface area is 194 Å². The van der Waals surface area contributed by atoms with Crippen molar-refractivity contribution in [3.63, 3.8) is 0 Å². The molecule has 33 heavy (non-hydrogen) atoms.